The number of nitrogens with one attached hydrogen (secondary N) is 2. The Kier molecular flexibility index (Phi) is 17.3. The molecule has 0 saturated carbocycles. The summed E-state index contributed by atoms with van der Waals surface area (Å²) in [5, 5.41) is 17.5. The first-order valence-electron chi connectivity index (χ1n) is 23.7. The number of ketones is 1. The van der Waals surface area contributed by atoms with Crippen molar-refractivity contribution in [1.82, 2.24) is 30.5 Å². The van der Waals surface area contributed by atoms with E-state index in [9.17, 15) is 29.1 Å². The lowest BCUT2D eigenvalue weighted by atomic mass is 9.73. The minimum Gasteiger partial charge on any atom is -0.461 e. The molecule has 3 aliphatic heterocycles. The van der Waals surface area contributed by atoms with Gasteiger partial charge >= 0.3 is 24.1 Å². The number of esters is 2. The molecule has 3 N–H and O–H groups in total. The first kappa shape index (κ1) is 52.5. The van der Waals surface area contributed by atoms with Crippen LogP contribution in [0.1, 0.15) is 85.8 Å². The van der Waals surface area contributed by atoms with Crippen LogP contribution in [-0.4, -0.2) is 136 Å². The summed E-state index contributed by atoms with van der Waals surface area (Å²) in [5.74, 6) is -5.20. The van der Waals surface area contributed by atoms with E-state index in [1.807, 2.05) is 56.3 Å². The summed E-state index contributed by atoms with van der Waals surface area (Å²) in [6.45, 7) is 13.5. The van der Waals surface area contributed by atoms with Crippen LogP contribution in [0, 0.1) is 23.7 Å². The Bertz CT molecular complexity index is 2270. The fourth-order valence-electron chi connectivity index (χ4n) is 10.1. The van der Waals surface area contributed by atoms with Gasteiger partial charge in [-0.05, 0) is 84.3 Å². The van der Waals surface area contributed by atoms with Gasteiger partial charge in [-0.15, -0.1) is 0 Å². The molecule has 2 aromatic heterocycles. The molecule has 18 heteroatoms. The third-order valence-electron chi connectivity index (χ3n) is 13.7. The zero-order valence-corrected chi connectivity index (χ0v) is 41.2. The molecule has 374 valence electrons. The molecule has 5 heterocycles. The highest BCUT2D eigenvalue weighted by atomic mass is 16.7. The molecular weight excluding hydrogens is 889 g/mol. The van der Waals surface area contributed by atoms with Gasteiger partial charge in [-0.1, -0.05) is 70.2 Å². The zero-order chi connectivity index (χ0) is 50.2. The number of aliphatic hydroxyl groups is 1. The number of hydrogen-bond donors (Lipinski definition) is 3. The summed E-state index contributed by atoms with van der Waals surface area (Å²) < 4.78 is 38.0. The van der Waals surface area contributed by atoms with E-state index in [1.165, 1.54) is 6.20 Å². The molecule has 0 radical (unpaired) electrons. The Morgan fingerprint density at radius 1 is 0.986 bits per heavy atom. The van der Waals surface area contributed by atoms with E-state index < -0.39 is 108 Å². The second-order valence-corrected chi connectivity index (χ2v) is 19.3. The van der Waals surface area contributed by atoms with Gasteiger partial charge in [0.1, 0.15) is 35.8 Å². The molecule has 0 spiro atoms. The predicted molar refractivity (Wildman–Crippen MR) is 253 cm³/mol. The highest BCUT2D eigenvalue weighted by Crippen LogP contribution is 2.42. The molecule has 0 aliphatic carbocycles. The van der Waals surface area contributed by atoms with E-state index in [0.29, 0.717) is 17.8 Å². The van der Waals surface area contributed by atoms with Crippen molar-refractivity contribution >= 4 is 36.0 Å². The largest absolute Gasteiger partial charge is 0.461 e. The van der Waals surface area contributed by atoms with Gasteiger partial charge in [0.05, 0.1) is 24.5 Å². The molecule has 2 amide bonds. The number of aromatic nitrogens is 3. The Balaban J connectivity index is 1.40. The average Bonchev–Trinajstić information content (AvgIpc) is 3.64. The fraction of sp³-hybridized carbons (Fsp3) is 0.569. The van der Waals surface area contributed by atoms with E-state index in [2.05, 4.69) is 25.6 Å². The van der Waals surface area contributed by atoms with Gasteiger partial charge in [0.15, 0.2) is 17.7 Å². The van der Waals surface area contributed by atoms with Gasteiger partial charge in [-0.25, -0.2) is 19.6 Å². The second kappa shape index (κ2) is 22.7. The normalized spacial score (nSPS) is 33.4. The highest BCUT2D eigenvalue weighted by Gasteiger charge is 2.58. The second-order valence-electron chi connectivity index (χ2n) is 19.3. The lowest BCUT2D eigenvalue weighted by Crippen LogP contribution is -2.61. The monoisotopic (exact) mass is 956 g/mol. The molecule has 0 bridgehead atoms. The summed E-state index contributed by atoms with van der Waals surface area (Å²) in [4.78, 5) is 85.1. The van der Waals surface area contributed by atoms with Crippen molar-refractivity contribution in [3.05, 3.63) is 84.5 Å². The number of amides is 2. The van der Waals surface area contributed by atoms with Gasteiger partial charge in [-0.3, -0.25) is 19.4 Å². The molecule has 14 atom stereocenters. The summed E-state index contributed by atoms with van der Waals surface area (Å²) in [7, 11) is 3.67. The zero-order valence-electron chi connectivity index (χ0n) is 41.2. The lowest BCUT2D eigenvalue weighted by molar-refractivity contribution is -0.298. The summed E-state index contributed by atoms with van der Waals surface area (Å²) in [6, 6.07) is 11.4. The SMILES string of the molecule is CC[C@H]1OC(=O)[C@H](C)[C@@H](OC(=O)Cc2cccnc2)[C@H](C)[C@@H](O[C@@H]2O[C@H](C)C[C@H](N(C)C)[C@H]2O)[C@](C)(OC(=O)NC/C=C/c2ccc(-c3ncccn3)cc2)C[C@@H](C)C(=O)[C@H](C)[C@@H]2NC(=O)O[C@]12C. The average molecular weight is 957 g/mol. The Morgan fingerprint density at radius 3 is 2.35 bits per heavy atom. The number of rotatable bonds is 12. The number of Topliss-reactive ketones (excluding diaryl/α,β-unsaturated/α-hetero) is 1. The van der Waals surface area contributed by atoms with Gasteiger partial charge < -0.3 is 49.1 Å². The number of aliphatic hydroxyl groups excluding tert-OH is 1. The number of carbonyl (C=O) groups is 5. The molecule has 3 aromatic rings. The number of pyridine rings is 1. The molecular formula is C51H68N6O12. The van der Waals surface area contributed by atoms with Gasteiger partial charge in [0.25, 0.3) is 0 Å². The quantitative estimate of drug-likeness (QED) is 0.146. The molecule has 0 unspecified atom stereocenters. The van der Waals surface area contributed by atoms with Crippen molar-refractivity contribution in [3.8, 4) is 11.4 Å². The van der Waals surface area contributed by atoms with E-state index in [1.54, 1.807) is 91.3 Å². The van der Waals surface area contributed by atoms with Crippen molar-refractivity contribution in [1.29, 1.82) is 0 Å². The van der Waals surface area contributed by atoms with Crippen LogP contribution in [0.25, 0.3) is 17.5 Å². The third kappa shape index (κ3) is 12.5. The van der Waals surface area contributed by atoms with Gasteiger partial charge in [-0.2, -0.15) is 0 Å². The van der Waals surface area contributed by atoms with Crippen LogP contribution in [0.15, 0.2) is 73.3 Å². The third-order valence-corrected chi connectivity index (χ3v) is 13.7. The molecule has 3 saturated heterocycles. The molecule has 6 rings (SSSR count). The first-order valence-corrected chi connectivity index (χ1v) is 23.7. The van der Waals surface area contributed by atoms with Crippen LogP contribution < -0.4 is 10.6 Å². The summed E-state index contributed by atoms with van der Waals surface area (Å²) in [6.07, 6.45) is 2.09. The van der Waals surface area contributed by atoms with Crippen molar-refractivity contribution in [2.45, 2.75) is 141 Å². The number of benzene rings is 1. The smallest absolute Gasteiger partial charge is 0.408 e. The van der Waals surface area contributed by atoms with Gasteiger partial charge in [0, 0.05) is 60.7 Å². The van der Waals surface area contributed by atoms with E-state index in [0.717, 1.165) is 11.1 Å². The molecule has 3 aliphatic rings. The van der Waals surface area contributed by atoms with Crippen LogP contribution in [0.4, 0.5) is 9.59 Å². The van der Waals surface area contributed by atoms with Crippen molar-refractivity contribution in [2.24, 2.45) is 23.7 Å². The number of nitrogens with zero attached hydrogens (tertiary/aromatic N) is 4. The number of carbonyl (C=O) groups excluding carboxylic acids is 5. The van der Waals surface area contributed by atoms with E-state index >= 15 is 0 Å². The molecule has 1 aromatic carbocycles. The number of fused-ring (bicyclic) bond motifs is 1. The van der Waals surface area contributed by atoms with Crippen LogP contribution in [-0.2, 0) is 49.2 Å². The number of ether oxygens (including phenoxy) is 6. The number of alkyl carbamates (subject to hydrolysis) is 2. The topological polar surface area (TPSA) is 227 Å². The number of hydrogen-bond acceptors (Lipinski definition) is 16. The fourth-order valence-corrected chi connectivity index (χ4v) is 10.1. The van der Waals surface area contributed by atoms with Gasteiger partial charge in [0.2, 0.25) is 0 Å². The van der Waals surface area contributed by atoms with Crippen LogP contribution in [0.2, 0.25) is 0 Å². The first-order chi connectivity index (χ1) is 32.7. The maximum absolute atomic E-state index is 14.7. The number of likely N-dealkylation sites (N-methyl/N-ethyl adjacent to an activating group) is 1. The van der Waals surface area contributed by atoms with Crippen LogP contribution in [0.5, 0.6) is 0 Å². The lowest BCUT2D eigenvalue weighted by Gasteiger charge is -2.48. The molecule has 69 heavy (non-hydrogen) atoms. The highest BCUT2D eigenvalue weighted by molar-refractivity contribution is 5.85. The molecule has 18 nitrogen and oxygen atoms in total. The maximum atomic E-state index is 14.7. The summed E-state index contributed by atoms with van der Waals surface area (Å²) >= 11 is 0. The Morgan fingerprint density at radius 2 is 1.70 bits per heavy atom. The van der Waals surface area contributed by atoms with Crippen LogP contribution >= 0.6 is 0 Å². The summed E-state index contributed by atoms with van der Waals surface area (Å²) in [5.41, 5.74) is -1.01. The minimum atomic E-state index is -1.78. The van der Waals surface area contributed by atoms with E-state index in [-0.39, 0.29) is 31.6 Å². The molecule has 3 fully saturated rings. The van der Waals surface area contributed by atoms with Crippen LogP contribution in [0.3, 0.4) is 0 Å². The maximum Gasteiger partial charge on any atom is 0.408 e. The minimum absolute atomic E-state index is 0.0353. The van der Waals surface area contributed by atoms with Crippen molar-refractivity contribution in [2.75, 3.05) is 20.6 Å². The van der Waals surface area contributed by atoms with Crippen molar-refractivity contribution in [3.63, 3.8) is 0 Å². The standard InChI is InChI=1S/C51H68N6O12/c1-11-38-51(8)43(56-49(63)69-51)31(4)40(59)29(2)27-50(7,68-48(62)55-22-13-15-34-17-19-36(20-18-34)45-53-23-14-24-54-45)44(67-47-41(60)37(57(9)10)25-30(3)64-47)32(5)42(33(6)46(61)65-38)66-39(58)26-35-16-12-21-52-28-35/h12-21,23-24,28-33,37-38,41-44,47,60H,11,22,25-27H2,1-10H3,(H,55,62)(H,56,63)/b15-13+/t29-,30-,31+,32+,33-,37+,38-,41-,42+,43+,44-,47+,50-,51-/m1/s1. The Labute approximate surface area is 404 Å². The Hall–Kier alpha value is -5.82. The predicted octanol–water partition coefficient (Wildman–Crippen LogP) is 5.71. The number of cyclic esters (lactones) is 1. The van der Waals surface area contributed by atoms with E-state index in [4.69, 9.17) is 28.4 Å². The van der Waals surface area contributed by atoms with Crippen molar-refractivity contribution < 1.29 is 57.5 Å².